The van der Waals surface area contributed by atoms with Crippen LogP contribution in [0.15, 0.2) is 30.7 Å². The summed E-state index contributed by atoms with van der Waals surface area (Å²) in [7, 11) is 0. The van der Waals surface area contributed by atoms with E-state index in [1.54, 1.807) is 6.20 Å². The molecule has 6 heteroatoms. The summed E-state index contributed by atoms with van der Waals surface area (Å²) in [6.07, 6.45) is 6.86. The van der Waals surface area contributed by atoms with Gasteiger partial charge in [-0.2, -0.15) is 0 Å². The van der Waals surface area contributed by atoms with E-state index in [-0.39, 0.29) is 5.97 Å². The molecule has 6 nitrogen and oxygen atoms in total. The molecule has 2 heterocycles. The summed E-state index contributed by atoms with van der Waals surface area (Å²) < 4.78 is 7.01. The molecular weight excluding hydrogens is 268 g/mol. The first-order chi connectivity index (χ1) is 10.3. The Morgan fingerprint density at radius 3 is 3.05 bits per heavy atom. The molecule has 2 N–H and O–H groups in total. The molecule has 114 valence electrons. The molecule has 21 heavy (non-hydrogen) atoms. The first-order valence-electron chi connectivity index (χ1n) is 7.28. The number of carbonyl (C=O) groups is 1. The van der Waals surface area contributed by atoms with Gasteiger partial charge in [-0.1, -0.05) is 0 Å². The molecule has 0 bridgehead atoms. The van der Waals surface area contributed by atoms with Crippen molar-refractivity contribution in [3.63, 3.8) is 0 Å². The van der Waals surface area contributed by atoms with Crippen molar-refractivity contribution in [3.8, 4) is 0 Å². The van der Waals surface area contributed by atoms with Crippen LogP contribution in [-0.2, 0) is 9.53 Å². The summed E-state index contributed by atoms with van der Waals surface area (Å²) in [5.41, 5.74) is 6.63. The van der Waals surface area contributed by atoms with Gasteiger partial charge in [0.25, 0.3) is 0 Å². The Labute approximate surface area is 124 Å². The molecule has 0 atom stereocenters. The van der Waals surface area contributed by atoms with Crippen LogP contribution in [0.4, 0.5) is 5.82 Å². The average molecular weight is 290 g/mol. The highest BCUT2D eigenvalue weighted by atomic mass is 16.5. The lowest BCUT2D eigenvalue weighted by Crippen LogP contribution is -2.30. The zero-order valence-electron chi connectivity index (χ0n) is 12.4. The summed E-state index contributed by atoms with van der Waals surface area (Å²) in [5.74, 6) is 0.692. The number of nitrogens with two attached hydrogens (primary N) is 1. The molecule has 0 radical (unpaired) electrons. The summed E-state index contributed by atoms with van der Waals surface area (Å²) >= 11 is 0. The molecule has 0 aliphatic heterocycles. The highest BCUT2D eigenvalue weighted by Crippen LogP contribution is 2.19. The van der Waals surface area contributed by atoms with E-state index in [4.69, 9.17) is 10.5 Å². The van der Waals surface area contributed by atoms with Crippen molar-refractivity contribution in [3.05, 3.63) is 30.7 Å². The van der Waals surface area contributed by atoms with Crippen LogP contribution < -0.4 is 10.6 Å². The highest BCUT2D eigenvalue weighted by Gasteiger charge is 2.13. The van der Waals surface area contributed by atoms with E-state index in [9.17, 15) is 4.79 Å². The van der Waals surface area contributed by atoms with E-state index in [1.165, 1.54) is 0 Å². The minimum Gasteiger partial charge on any atom is -0.466 e. The molecule has 0 fully saturated rings. The third-order valence-corrected chi connectivity index (χ3v) is 3.25. The number of anilines is 1. The molecule has 2 rings (SSSR count). The van der Waals surface area contributed by atoms with Crippen molar-refractivity contribution in [1.82, 2.24) is 9.38 Å². The number of esters is 1. The number of nitrogens with zero attached hydrogens (tertiary/aromatic N) is 3. The van der Waals surface area contributed by atoms with Gasteiger partial charge in [0.1, 0.15) is 0 Å². The monoisotopic (exact) mass is 290 g/mol. The normalized spacial score (nSPS) is 10.8. The van der Waals surface area contributed by atoms with Gasteiger partial charge in [0.2, 0.25) is 0 Å². The minimum atomic E-state index is -0.183. The van der Waals surface area contributed by atoms with Gasteiger partial charge in [0, 0.05) is 31.7 Å². The van der Waals surface area contributed by atoms with E-state index in [2.05, 4.69) is 9.88 Å². The van der Waals surface area contributed by atoms with E-state index in [0.717, 1.165) is 24.3 Å². The lowest BCUT2D eigenvalue weighted by molar-refractivity contribution is -0.142. The van der Waals surface area contributed by atoms with Crippen LogP contribution in [0.5, 0.6) is 0 Å². The summed E-state index contributed by atoms with van der Waals surface area (Å²) in [5, 5.41) is 0. The first kappa shape index (κ1) is 15.3. The Morgan fingerprint density at radius 1 is 1.43 bits per heavy atom. The average Bonchev–Trinajstić information content (AvgIpc) is 2.96. The number of rotatable bonds is 8. The first-order valence-corrected chi connectivity index (χ1v) is 7.28. The van der Waals surface area contributed by atoms with Gasteiger partial charge in [-0.3, -0.25) is 4.79 Å². The number of hydrogen-bond acceptors (Lipinski definition) is 5. The van der Waals surface area contributed by atoms with E-state index < -0.39 is 0 Å². The van der Waals surface area contributed by atoms with Crippen molar-refractivity contribution in [2.45, 2.75) is 19.8 Å². The quantitative estimate of drug-likeness (QED) is 0.745. The van der Waals surface area contributed by atoms with Crippen LogP contribution >= 0.6 is 0 Å². The second kappa shape index (κ2) is 7.64. The smallest absolute Gasteiger partial charge is 0.307 e. The maximum Gasteiger partial charge on any atom is 0.307 e. The predicted octanol–water partition coefficient (Wildman–Crippen LogP) is 1.44. The van der Waals surface area contributed by atoms with Gasteiger partial charge < -0.3 is 19.8 Å². The van der Waals surface area contributed by atoms with E-state index >= 15 is 0 Å². The zero-order valence-corrected chi connectivity index (χ0v) is 12.4. The maximum atomic E-state index is 11.6. The number of carbonyl (C=O) groups excluding carboxylic acids is 1. The van der Waals surface area contributed by atoms with Gasteiger partial charge in [0.15, 0.2) is 5.82 Å². The molecule has 0 saturated heterocycles. The number of fused-ring (bicyclic) bond motifs is 1. The van der Waals surface area contributed by atoms with Crippen molar-refractivity contribution < 1.29 is 9.53 Å². The number of ether oxygens (including phenoxy) is 1. The standard InChI is InChI=1S/C15H22N4O2/c1-2-21-14(20)6-11-19(10-4-7-16)15-13-5-3-9-18(13)12-8-17-15/h3,5,8-9,12H,2,4,6-7,10-11,16H2,1H3. The molecule has 2 aromatic heterocycles. The Balaban J connectivity index is 2.15. The number of aromatic nitrogens is 2. The third-order valence-electron chi connectivity index (χ3n) is 3.25. The summed E-state index contributed by atoms with van der Waals surface area (Å²) in [6.45, 7) is 4.19. The van der Waals surface area contributed by atoms with Crippen LogP contribution in [0.3, 0.4) is 0 Å². The Hall–Kier alpha value is -2.08. The largest absolute Gasteiger partial charge is 0.466 e. The third kappa shape index (κ3) is 3.95. The lowest BCUT2D eigenvalue weighted by Gasteiger charge is -2.24. The van der Waals surface area contributed by atoms with Gasteiger partial charge in [-0.25, -0.2) is 4.98 Å². The fourth-order valence-corrected chi connectivity index (χ4v) is 2.26. The Kier molecular flexibility index (Phi) is 5.57. The molecule has 0 unspecified atom stereocenters. The van der Waals surface area contributed by atoms with Crippen LogP contribution in [0.25, 0.3) is 5.52 Å². The van der Waals surface area contributed by atoms with E-state index in [0.29, 0.717) is 26.1 Å². The van der Waals surface area contributed by atoms with Gasteiger partial charge in [-0.05, 0) is 32.0 Å². The minimum absolute atomic E-state index is 0.183. The van der Waals surface area contributed by atoms with Crippen LogP contribution in [0.2, 0.25) is 0 Å². The Bertz CT molecular complexity index is 582. The van der Waals surface area contributed by atoms with Gasteiger partial charge >= 0.3 is 5.97 Å². The molecule has 0 saturated carbocycles. The molecule has 0 amide bonds. The molecule has 0 spiro atoms. The number of hydrogen-bond donors (Lipinski definition) is 1. The topological polar surface area (TPSA) is 72.9 Å². The molecule has 0 aromatic carbocycles. The van der Waals surface area contributed by atoms with Crippen molar-refractivity contribution in [1.29, 1.82) is 0 Å². The van der Waals surface area contributed by atoms with E-state index in [1.807, 2.05) is 35.9 Å². The SMILES string of the molecule is CCOC(=O)CCN(CCCN)c1nccn2cccc12. The van der Waals surface area contributed by atoms with Crippen molar-refractivity contribution in [2.75, 3.05) is 31.1 Å². The molecular formula is C15H22N4O2. The zero-order chi connectivity index (χ0) is 15.1. The second-order valence-corrected chi connectivity index (χ2v) is 4.74. The van der Waals surface area contributed by atoms with Gasteiger partial charge in [0.05, 0.1) is 18.5 Å². The van der Waals surface area contributed by atoms with Crippen molar-refractivity contribution in [2.24, 2.45) is 5.73 Å². The molecule has 0 aliphatic rings. The lowest BCUT2D eigenvalue weighted by atomic mass is 10.3. The van der Waals surface area contributed by atoms with Crippen molar-refractivity contribution >= 4 is 17.3 Å². The molecule has 0 aliphatic carbocycles. The maximum absolute atomic E-state index is 11.6. The highest BCUT2D eigenvalue weighted by molar-refractivity contribution is 5.72. The summed E-state index contributed by atoms with van der Waals surface area (Å²) in [6, 6.07) is 4.00. The predicted molar refractivity (Wildman–Crippen MR) is 82.3 cm³/mol. The van der Waals surface area contributed by atoms with Crippen LogP contribution in [0.1, 0.15) is 19.8 Å². The second-order valence-electron chi connectivity index (χ2n) is 4.74. The van der Waals surface area contributed by atoms with Crippen LogP contribution in [-0.4, -0.2) is 41.6 Å². The van der Waals surface area contributed by atoms with Crippen LogP contribution in [0, 0.1) is 0 Å². The fourth-order valence-electron chi connectivity index (χ4n) is 2.26. The fraction of sp³-hybridized carbons (Fsp3) is 0.467. The van der Waals surface area contributed by atoms with Gasteiger partial charge in [-0.15, -0.1) is 0 Å². The molecule has 2 aromatic rings. The Morgan fingerprint density at radius 2 is 2.29 bits per heavy atom. The summed E-state index contributed by atoms with van der Waals surface area (Å²) in [4.78, 5) is 18.1.